The van der Waals surface area contributed by atoms with Gasteiger partial charge >= 0.3 is 0 Å². The SMILES string of the molecule is CCC(C)C(N)C(=O)N(C)CC(=O)NC(C)(C)C.Cl. The van der Waals surface area contributed by atoms with Gasteiger partial charge in [-0.15, -0.1) is 12.4 Å². The van der Waals surface area contributed by atoms with Crippen LogP contribution in [0.25, 0.3) is 0 Å². The van der Waals surface area contributed by atoms with E-state index in [0.717, 1.165) is 6.42 Å². The molecule has 0 aromatic carbocycles. The molecule has 0 aliphatic rings. The number of amides is 2. The molecule has 0 spiro atoms. The van der Waals surface area contributed by atoms with Crippen molar-refractivity contribution in [1.29, 1.82) is 0 Å². The van der Waals surface area contributed by atoms with Crippen molar-refractivity contribution in [3.05, 3.63) is 0 Å². The van der Waals surface area contributed by atoms with Crippen LogP contribution in [0, 0.1) is 5.92 Å². The lowest BCUT2D eigenvalue weighted by molar-refractivity contribution is -0.137. The van der Waals surface area contributed by atoms with E-state index in [9.17, 15) is 9.59 Å². The molecule has 0 heterocycles. The maximum atomic E-state index is 12.0. The van der Waals surface area contributed by atoms with Crippen LogP contribution in [-0.2, 0) is 9.59 Å². The minimum absolute atomic E-state index is 0. The van der Waals surface area contributed by atoms with E-state index in [2.05, 4.69) is 5.32 Å². The zero-order chi connectivity index (χ0) is 14.5. The predicted molar refractivity (Wildman–Crippen MR) is 80.2 cm³/mol. The molecule has 0 aliphatic carbocycles. The fraction of sp³-hybridized carbons (Fsp3) is 0.846. The van der Waals surface area contributed by atoms with Crippen LogP contribution < -0.4 is 11.1 Å². The molecule has 3 N–H and O–H groups in total. The van der Waals surface area contributed by atoms with E-state index in [1.807, 2.05) is 34.6 Å². The number of nitrogens with zero attached hydrogens (tertiary/aromatic N) is 1. The lowest BCUT2D eigenvalue weighted by Crippen LogP contribution is -2.50. The molecule has 0 bridgehead atoms. The van der Waals surface area contributed by atoms with Crippen LogP contribution >= 0.6 is 12.4 Å². The second kappa shape index (κ2) is 8.38. The summed E-state index contributed by atoms with van der Waals surface area (Å²) in [5.41, 5.74) is 5.56. The molecule has 114 valence electrons. The topological polar surface area (TPSA) is 75.4 Å². The summed E-state index contributed by atoms with van der Waals surface area (Å²) in [5, 5.41) is 2.81. The number of rotatable bonds is 5. The van der Waals surface area contributed by atoms with E-state index in [4.69, 9.17) is 5.73 Å². The molecule has 0 radical (unpaired) electrons. The lowest BCUT2D eigenvalue weighted by atomic mass is 9.99. The van der Waals surface area contributed by atoms with Crippen LogP contribution in [0.3, 0.4) is 0 Å². The van der Waals surface area contributed by atoms with E-state index < -0.39 is 6.04 Å². The van der Waals surface area contributed by atoms with Crippen molar-refractivity contribution < 1.29 is 9.59 Å². The van der Waals surface area contributed by atoms with Gasteiger partial charge in [-0.3, -0.25) is 9.59 Å². The Morgan fingerprint density at radius 2 is 1.79 bits per heavy atom. The predicted octanol–water partition coefficient (Wildman–Crippen LogP) is 1.15. The Morgan fingerprint density at radius 3 is 2.16 bits per heavy atom. The summed E-state index contributed by atoms with van der Waals surface area (Å²) in [6.45, 7) is 9.67. The number of likely N-dealkylation sites (N-methyl/N-ethyl adjacent to an activating group) is 1. The Kier molecular flexibility index (Phi) is 9.04. The third-order valence-electron chi connectivity index (χ3n) is 2.81. The van der Waals surface area contributed by atoms with Crippen molar-refractivity contribution in [3.63, 3.8) is 0 Å². The molecule has 0 fully saturated rings. The molecule has 2 atom stereocenters. The summed E-state index contributed by atoms with van der Waals surface area (Å²) in [7, 11) is 1.60. The average molecular weight is 294 g/mol. The zero-order valence-electron chi connectivity index (χ0n) is 12.8. The molecule has 0 aromatic heterocycles. The first-order valence-electron chi connectivity index (χ1n) is 6.40. The number of carbonyl (C=O) groups excluding carboxylic acids is 2. The Hall–Kier alpha value is -0.810. The molecule has 2 amide bonds. The average Bonchev–Trinajstić information content (AvgIpc) is 2.22. The highest BCUT2D eigenvalue weighted by molar-refractivity contribution is 5.87. The van der Waals surface area contributed by atoms with Crippen molar-refractivity contribution in [3.8, 4) is 0 Å². The molecule has 0 aromatic rings. The van der Waals surface area contributed by atoms with Crippen molar-refractivity contribution in [1.82, 2.24) is 10.2 Å². The maximum Gasteiger partial charge on any atom is 0.240 e. The van der Waals surface area contributed by atoms with Crippen LogP contribution in [0.1, 0.15) is 41.0 Å². The van der Waals surface area contributed by atoms with Gasteiger partial charge in [-0.1, -0.05) is 20.3 Å². The summed E-state index contributed by atoms with van der Waals surface area (Å²) in [6, 6.07) is -0.539. The van der Waals surface area contributed by atoms with E-state index >= 15 is 0 Å². The Balaban J connectivity index is 0. The number of hydrogen-bond donors (Lipinski definition) is 2. The number of halogens is 1. The normalized spacial score (nSPS) is 14.1. The molecule has 0 saturated carbocycles. The van der Waals surface area contributed by atoms with Crippen LogP contribution in [0.2, 0.25) is 0 Å². The van der Waals surface area contributed by atoms with Crippen LogP contribution in [0.4, 0.5) is 0 Å². The minimum atomic E-state index is -0.539. The number of nitrogens with two attached hydrogens (primary N) is 1. The maximum absolute atomic E-state index is 12.0. The quantitative estimate of drug-likeness (QED) is 0.798. The summed E-state index contributed by atoms with van der Waals surface area (Å²) < 4.78 is 0. The van der Waals surface area contributed by atoms with Crippen LogP contribution in [0.5, 0.6) is 0 Å². The molecule has 0 saturated heterocycles. The first-order chi connectivity index (χ1) is 8.08. The third-order valence-corrected chi connectivity index (χ3v) is 2.81. The third kappa shape index (κ3) is 8.06. The van der Waals surface area contributed by atoms with Gasteiger partial charge in [0.2, 0.25) is 11.8 Å². The first-order valence-corrected chi connectivity index (χ1v) is 6.40. The Labute approximate surface area is 122 Å². The molecule has 5 nitrogen and oxygen atoms in total. The van der Waals surface area contributed by atoms with E-state index in [0.29, 0.717) is 0 Å². The summed E-state index contributed by atoms with van der Waals surface area (Å²) in [5.74, 6) is -0.242. The highest BCUT2D eigenvalue weighted by Crippen LogP contribution is 2.07. The summed E-state index contributed by atoms with van der Waals surface area (Å²) >= 11 is 0. The van der Waals surface area contributed by atoms with Gasteiger partial charge in [0.05, 0.1) is 12.6 Å². The van der Waals surface area contributed by atoms with Crippen molar-refractivity contribution in [2.24, 2.45) is 11.7 Å². The smallest absolute Gasteiger partial charge is 0.240 e. The van der Waals surface area contributed by atoms with Gasteiger partial charge in [-0.05, 0) is 26.7 Å². The van der Waals surface area contributed by atoms with Crippen molar-refractivity contribution in [2.75, 3.05) is 13.6 Å². The minimum Gasteiger partial charge on any atom is -0.350 e. The van der Waals surface area contributed by atoms with Gasteiger partial charge in [0.15, 0.2) is 0 Å². The fourth-order valence-corrected chi connectivity index (χ4v) is 1.50. The van der Waals surface area contributed by atoms with E-state index in [1.54, 1.807) is 7.05 Å². The molecule has 19 heavy (non-hydrogen) atoms. The van der Waals surface area contributed by atoms with Crippen LogP contribution in [-0.4, -0.2) is 41.9 Å². The first kappa shape index (κ1) is 20.5. The monoisotopic (exact) mass is 293 g/mol. The molecule has 6 heteroatoms. The largest absolute Gasteiger partial charge is 0.350 e. The second-order valence-corrected chi connectivity index (χ2v) is 5.90. The van der Waals surface area contributed by atoms with Crippen molar-refractivity contribution >= 4 is 24.2 Å². The van der Waals surface area contributed by atoms with Gasteiger partial charge in [-0.25, -0.2) is 0 Å². The van der Waals surface area contributed by atoms with Crippen LogP contribution in [0.15, 0.2) is 0 Å². The summed E-state index contributed by atoms with van der Waals surface area (Å²) in [4.78, 5) is 25.0. The molecule has 2 unspecified atom stereocenters. The number of hydrogen-bond acceptors (Lipinski definition) is 3. The number of carbonyl (C=O) groups is 2. The van der Waals surface area contributed by atoms with Gasteiger partial charge in [0.25, 0.3) is 0 Å². The van der Waals surface area contributed by atoms with Gasteiger partial charge in [0.1, 0.15) is 0 Å². The zero-order valence-corrected chi connectivity index (χ0v) is 13.6. The molecular weight excluding hydrogens is 266 g/mol. The van der Waals surface area contributed by atoms with E-state index in [-0.39, 0.29) is 42.2 Å². The molecular formula is C13H28ClN3O2. The highest BCUT2D eigenvalue weighted by atomic mass is 35.5. The highest BCUT2D eigenvalue weighted by Gasteiger charge is 2.24. The second-order valence-electron chi connectivity index (χ2n) is 5.90. The van der Waals surface area contributed by atoms with E-state index in [1.165, 1.54) is 4.90 Å². The van der Waals surface area contributed by atoms with Gasteiger partial charge in [-0.2, -0.15) is 0 Å². The number of nitrogens with one attached hydrogen (secondary N) is 1. The van der Waals surface area contributed by atoms with Gasteiger partial charge in [0, 0.05) is 12.6 Å². The standard InChI is InChI=1S/C13H27N3O2.ClH/c1-7-9(2)11(14)12(18)16(6)8-10(17)15-13(3,4)5;/h9,11H,7-8,14H2,1-6H3,(H,15,17);1H. The lowest BCUT2D eigenvalue weighted by Gasteiger charge is -2.26. The van der Waals surface area contributed by atoms with Gasteiger partial charge < -0.3 is 16.0 Å². The molecule has 0 rings (SSSR count). The summed E-state index contributed by atoms with van der Waals surface area (Å²) in [6.07, 6.45) is 0.842. The van der Waals surface area contributed by atoms with Crippen molar-refractivity contribution in [2.45, 2.75) is 52.6 Å². The molecule has 0 aliphatic heterocycles. The fourth-order valence-electron chi connectivity index (χ4n) is 1.50. The Bertz CT molecular complexity index is 303. The Morgan fingerprint density at radius 1 is 1.32 bits per heavy atom.